The molecule has 0 unspecified atom stereocenters. The standard InChI is InChI=1S/C24H25FN6O2S/c1-15(2)12-30-14-26-23-27-18(11-22(32)31(23)30)13-34-21-7-5-4-6-20(21)29-24(33)28-17-9-8-16(3)19(25)10-17/h4-11,14-15H,12-13H2,1-3H3,(H2,28,29,33). The number of amides is 2. The number of para-hydroxylation sites is 1. The van der Waals surface area contributed by atoms with E-state index in [1.54, 1.807) is 36.1 Å². The minimum Gasteiger partial charge on any atom is -0.308 e. The number of nitrogens with zero attached hydrogens (tertiary/aromatic N) is 4. The van der Waals surface area contributed by atoms with Crippen LogP contribution in [0.5, 0.6) is 0 Å². The van der Waals surface area contributed by atoms with E-state index in [-0.39, 0.29) is 11.4 Å². The molecule has 0 bridgehead atoms. The summed E-state index contributed by atoms with van der Waals surface area (Å²) in [6, 6.07) is 12.9. The van der Waals surface area contributed by atoms with Crippen molar-refractivity contribution in [2.75, 3.05) is 10.6 Å². The van der Waals surface area contributed by atoms with E-state index in [2.05, 4.69) is 34.4 Å². The largest absolute Gasteiger partial charge is 0.323 e. The lowest BCUT2D eigenvalue weighted by atomic mass is 10.2. The van der Waals surface area contributed by atoms with Crippen molar-refractivity contribution >= 4 is 34.9 Å². The normalized spacial score (nSPS) is 11.2. The van der Waals surface area contributed by atoms with Crippen LogP contribution in [0.1, 0.15) is 25.1 Å². The predicted octanol–water partition coefficient (Wildman–Crippen LogP) is 4.93. The fourth-order valence-corrected chi connectivity index (χ4v) is 4.29. The summed E-state index contributed by atoms with van der Waals surface area (Å²) in [5.74, 6) is 0.764. The summed E-state index contributed by atoms with van der Waals surface area (Å²) in [5, 5.41) is 5.43. The summed E-state index contributed by atoms with van der Waals surface area (Å²) in [5.41, 5.74) is 1.87. The van der Waals surface area contributed by atoms with Gasteiger partial charge in [0, 0.05) is 28.9 Å². The van der Waals surface area contributed by atoms with Gasteiger partial charge in [0.05, 0.1) is 11.4 Å². The van der Waals surface area contributed by atoms with Gasteiger partial charge >= 0.3 is 6.03 Å². The van der Waals surface area contributed by atoms with Gasteiger partial charge < -0.3 is 10.6 Å². The van der Waals surface area contributed by atoms with Crippen molar-refractivity contribution < 1.29 is 9.18 Å². The van der Waals surface area contributed by atoms with Crippen LogP contribution in [0.15, 0.2) is 64.5 Å². The highest BCUT2D eigenvalue weighted by atomic mass is 32.2. The van der Waals surface area contributed by atoms with Gasteiger partial charge in [-0.1, -0.05) is 32.0 Å². The van der Waals surface area contributed by atoms with Gasteiger partial charge in [-0.2, -0.15) is 9.50 Å². The van der Waals surface area contributed by atoms with Gasteiger partial charge in [-0.3, -0.25) is 9.48 Å². The van der Waals surface area contributed by atoms with Crippen LogP contribution in [0.2, 0.25) is 0 Å². The van der Waals surface area contributed by atoms with Crippen LogP contribution in [-0.2, 0) is 12.3 Å². The molecule has 2 aromatic carbocycles. The Labute approximate surface area is 200 Å². The Kier molecular flexibility index (Phi) is 6.97. The van der Waals surface area contributed by atoms with Crippen molar-refractivity contribution in [3.8, 4) is 0 Å². The number of hydrogen-bond acceptors (Lipinski definition) is 5. The first-order valence-corrected chi connectivity index (χ1v) is 11.8. The van der Waals surface area contributed by atoms with Crippen LogP contribution in [0, 0.1) is 18.7 Å². The highest BCUT2D eigenvalue weighted by molar-refractivity contribution is 7.98. The lowest BCUT2D eigenvalue weighted by Gasteiger charge is -2.12. The minimum absolute atomic E-state index is 0.185. The van der Waals surface area contributed by atoms with Gasteiger partial charge in [0.25, 0.3) is 11.3 Å². The van der Waals surface area contributed by atoms with E-state index in [1.807, 2.05) is 18.2 Å². The second-order valence-electron chi connectivity index (χ2n) is 8.29. The first-order chi connectivity index (χ1) is 16.3. The molecule has 0 spiro atoms. The van der Waals surface area contributed by atoms with Crippen molar-refractivity contribution in [3.63, 3.8) is 0 Å². The maximum Gasteiger partial charge on any atom is 0.323 e. The Morgan fingerprint density at radius 1 is 1.15 bits per heavy atom. The number of carbonyl (C=O) groups is 1. The number of nitrogens with one attached hydrogen (secondary N) is 2. The van der Waals surface area contributed by atoms with Crippen molar-refractivity contribution in [2.24, 2.45) is 5.92 Å². The van der Waals surface area contributed by atoms with Crippen molar-refractivity contribution in [3.05, 3.63) is 82.3 Å². The summed E-state index contributed by atoms with van der Waals surface area (Å²) >= 11 is 1.44. The fourth-order valence-electron chi connectivity index (χ4n) is 3.38. The average molecular weight is 481 g/mol. The maximum absolute atomic E-state index is 13.8. The summed E-state index contributed by atoms with van der Waals surface area (Å²) in [6.07, 6.45) is 1.62. The van der Waals surface area contributed by atoms with Gasteiger partial charge in [-0.05, 0) is 42.7 Å². The number of aryl methyl sites for hydroxylation is 1. The zero-order valence-corrected chi connectivity index (χ0v) is 19.9. The monoisotopic (exact) mass is 480 g/mol. The highest BCUT2D eigenvalue weighted by Gasteiger charge is 2.12. The molecular formula is C24H25FN6O2S. The number of thioether (sulfide) groups is 1. The van der Waals surface area contributed by atoms with Crippen LogP contribution in [0.3, 0.4) is 0 Å². The molecule has 0 saturated heterocycles. The molecule has 0 aliphatic heterocycles. The average Bonchev–Trinajstić information content (AvgIpc) is 3.18. The van der Waals surface area contributed by atoms with Crippen LogP contribution in [0.4, 0.5) is 20.6 Å². The van der Waals surface area contributed by atoms with Crippen LogP contribution < -0.4 is 16.2 Å². The van der Waals surface area contributed by atoms with Gasteiger partial charge in [0.15, 0.2) is 0 Å². The molecule has 10 heteroatoms. The van der Waals surface area contributed by atoms with E-state index in [1.165, 1.54) is 28.4 Å². The zero-order chi connectivity index (χ0) is 24.2. The van der Waals surface area contributed by atoms with Crippen LogP contribution in [0.25, 0.3) is 5.78 Å². The van der Waals surface area contributed by atoms with Crippen molar-refractivity contribution in [1.29, 1.82) is 0 Å². The molecule has 0 aliphatic carbocycles. The number of benzene rings is 2. The molecule has 0 atom stereocenters. The van der Waals surface area contributed by atoms with E-state index in [9.17, 15) is 14.0 Å². The van der Waals surface area contributed by atoms with E-state index >= 15 is 0 Å². The number of halogens is 1. The highest BCUT2D eigenvalue weighted by Crippen LogP contribution is 2.29. The molecule has 0 fully saturated rings. The number of rotatable bonds is 7. The van der Waals surface area contributed by atoms with Gasteiger partial charge in [0.2, 0.25) is 0 Å². The number of fused-ring (bicyclic) bond motifs is 1. The molecule has 34 heavy (non-hydrogen) atoms. The lowest BCUT2D eigenvalue weighted by Crippen LogP contribution is -2.22. The fraction of sp³-hybridized carbons (Fsp3) is 0.250. The Bertz CT molecular complexity index is 1400. The van der Waals surface area contributed by atoms with Crippen LogP contribution in [-0.4, -0.2) is 25.2 Å². The number of urea groups is 1. The minimum atomic E-state index is -0.482. The molecule has 0 radical (unpaired) electrons. The summed E-state index contributed by atoms with van der Waals surface area (Å²) in [6.45, 7) is 6.47. The van der Waals surface area contributed by atoms with Crippen molar-refractivity contribution in [2.45, 2.75) is 38.0 Å². The lowest BCUT2D eigenvalue weighted by molar-refractivity contribution is 0.262. The SMILES string of the molecule is Cc1ccc(NC(=O)Nc2ccccc2SCc2cc(=O)n3c(ncn3CC(C)C)n2)cc1F. The second kappa shape index (κ2) is 10.1. The van der Waals surface area contributed by atoms with E-state index < -0.39 is 6.03 Å². The smallest absolute Gasteiger partial charge is 0.308 e. The van der Waals surface area contributed by atoms with Gasteiger partial charge in [0.1, 0.15) is 12.1 Å². The molecule has 176 valence electrons. The molecule has 2 amide bonds. The van der Waals surface area contributed by atoms with E-state index in [4.69, 9.17) is 0 Å². The van der Waals surface area contributed by atoms with Crippen molar-refractivity contribution in [1.82, 2.24) is 19.2 Å². The Hall–Kier alpha value is -3.66. The summed E-state index contributed by atoms with van der Waals surface area (Å²) in [4.78, 5) is 34.7. The third-order valence-electron chi connectivity index (χ3n) is 4.99. The Morgan fingerprint density at radius 2 is 1.94 bits per heavy atom. The van der Waals surface area contributed by atoms with Gasteiger partial charge in [-0.25, -0.2) is 14.2 Å². The first kappa shape index (κ1) is 23.5. The molecule has 2 aromatic heterocycles. The second-order valence-corrected chi connectivity index (χ2v) is 9.30. The third-order valence-corrected chi connectivity index (χ3v) is 6.10. The molecule has 0 aliphatic rings. The molecular weight excluding hydrogens is 455 g/mol. The predicted molar refractivity (Wildman–Crippen MR) is 132 cm³/mol. The van der Waals surface area contributed by atoms with E-state index in [0.717, 1.165) is 4.90 Å². The number of carbonyl (C=O) groups excluding carboxylic acids is 1. The molecule has 2 N–H and O–H groups in total. The number of anilines is 2. The molecule has 8 nitrogen and oxygen atoms in total. The summed E-state index contributed by atoms with van der Waals surface area (Å²) in [7, 11) is 0. The number of aromatic nitrogens is 4. The van der Waals surface area contributed by atoms with Gasteiger partial charge in [-0.15, -0.1) is 11.8 Å². The Morgan fingerprint density at radius 3 is 2.71 bits per heavy atom. The Balaban J connectivity index is 1.46. The van der Waals surface area contributed by atoms with Crippen LogP contribution >= 0.6 is 11.8 Å². The number of hydrogen-bond donors (Lipinski definition) is 2. The maximum atomic E-state index is 13.8. The zero-order valence-electron chi connectivity index (χ0n) is 19.1. The third kappa shape index (κ3) is 5.45. The summed E-state index contributed by atoms with van der Waals surface area (Å²) < 4.78 is 17.0. The molecule has 4 rings (SSSR count). The topological polar surface area (TPSA) is 93.3 Å². The van der Waals surface area contributed by atoms with E-state index in [0.29, 0.717) is 46.6 Å². The molecule has 2 heterocycles. The molecule has 0 saturated carbocycles. The molecule has 4 aromatic rings. The quantitative estimate of drug-likeness (QED) is 0.366. The first-order valence-electron chi connectivity index (χ1n) is 10.8.